The quantitative estimate of drug-likeness (QED) is 0.206. The third-order valence-electron chi connectivity index (χ3n) is 8.15. The topological polar surface area (TPSA) is 78.9 Å². The van der Waals surface area contributed by atoms with Crippen LogP contribution in [-0.2, 0) is 6.42 Å². The summed E-state index contributed by atoms with van der Waals surface area (Å²) in [7, 11) is 3.20. The van der Waals surface area contributed by atoms with Gasteiger partial charge < -0.3 is 24.3 Å². The highest BCUT2D eigenvalue weighted by Gasteiger charge is 2.30. The fraction of sp³-hybridized carbons (Fsp3) is 0.167. The first-order valence-corrected chi connectivity index (χ1v) is 14.7. The van der Waals surface area contributed by atoms with Crippen molar-refractivity contribution in [3.8, 4) is 23.0 Å². The molecule has 0 spiro atoms. The number of methoxy groups -OCH3 is 2. The number of amides is 1. The summed E-state index contributed by atoms with van der Waals surface area (Å²) in [6.07, 6.45) is 3.56. The highest BCUT2D eigenvalue weighted by molar-refractivity contribution is 6.31. The zero-order valence-electron chi connectivity index (χ0n) is 24.2. The Morgan fingerprint density at radius 1 is 0.909 bits per heavy atom. The van der Waals surface area contributed by atoms with Gasteiger partial charge >= 0.3 is 0 Å². The van der Waals surface area contributed by atoms with Gasteiger partial charge in [0.2, 0.25) is 6.79 Å². The van der Waals surface area contributed by atoms with Gasteiger partial charge in [0.15, 0.2) is 11.5 Å². The fourth-order valence-corrected chi connectivity index (χ4v) is 6.28. The Bertz CT molecular complexity index is 1950. The smallest absolute Gasteiger partial charge is 0.253 e. The predicted molar refractivity (Wildman–Crippen MR) is 171 cm³/mol. The maximum absolute atomic E-state index is 14.5. The number of carbonyl (C=O) groups is 1. The number of nitrogens with one attached hydrogen (secondary N) is 1. The molecular weight excluding hydrogens is 576 g/mol. The van der Waals surface area contributed by atoms with Crippen molar-refractivity contribution < 1.29 is 23.7 Å². The number of ether oxygens (including phenoxy) is 4. The Morgan fingerprint density at radius 2 is 1.73 bits per heavy atom. The SMILES string of the molecule is COc1ccc(C(NC(=O)c2c3c(nc4ccccc24)/C(=C\c2ccc4c(c2)OCO4)CC3)c2ccccc2Cl)c(OC)c1. The molecule has 1 unspecified atom stereocenters. The molecule has 5 aromatic rings. The Hall–Kier alpha value is -5.01. The molecule has 0 radical (unpaired) electrons. The van der Waals surface area contributed by atoms with Crippen molar-refractivity contribution in [3.05, 3.63) is 123 Å². The van der Waals surface area contributed by atoms with Gasteiger partial charge in [0.25, 0.3) is 5.91 Å². The molecule has 2 aliphatic rings. The second kappa shape index (κ2) is 11.6. The summed E-state index contributed by atoms with van der Waals surface area (Å²) < 4.78 is 22.2. The summed E-state index contributed by atoms with van der Waals surface area (Å²) in [5.41, 5.74) is 6.70. The van der Waals surface area contributed by atoms with Gasteiger partial charge in [-0.3, -0.25) is 4.79 Å². The van der Waals surface area contributed by atoms with Crippen LogP contribution in [0.25, 0.3) is 22.6 Å². The summed E-state index contributed by atoms with van der Waals surface area (Å²) in [5, 5.41) is 4.65. The maximum Gasteiger partial charge on any atom is 0.253 e. The zero-order valence-corrected chi connectivity index (χ0v) is 25.0. The minimum absolute atomic E-state index is 0.216. The number of aromatic nitrogens is 1. The lowest BCUT2D eigenvalue weighted by atomic mass is 9.95. The number of halogens is 1. The number of fused-ring (bicyclic) bond motifs is 3. The number of nitrogens with zero attached hydrogens (tertiary/aromatic N) is 1. The van der Waals surface area contributed by atoms with E-state index in [0.717, 1.165) is 62.3 Å². The third kappa shape index (κ3) is 4.99. The van der Waals surface area contributed by atoms with Gasteiger partial charge in [-0.2, -0.15) is 0 Å². The Balaban J connectivity index is 1.33. The molecule has 0 fully saturated rings. The van der Waals surface area contributed by atoms with E-state index in [0.29, 0.717) is 28.5 Å². The predicted octanol–water partition coefficient (Wildman–Crippen LogP) is 7.64. The van der Waals surface area contributed by atoms with E-state index >= 15 is 0 Å². The van der Waals surface area contributed by atoms with Gasteiger partial charge in [-0.25, -0.2) is 4.98 Å². The summed E-state index contributed by atoms with van der Waals surface area (Å²) >= 11 is 6.72. The molecule has 0 saturated carbocycles. The molecular formula is C36H29ClN2O5. The maximum atomic E-state index is 14.5. The van der Waals surface area contributed by atoms with E-state index in [1.165, 1.54) is 0 Å². The van der Waals surface area contributed by atoms with Crippen LogP contribution in [0, 0.1) is 0 Å². The van der Waals surface area contributed by atoms with Crippen LogP contribution in [0.3, 0.4) is 0 Å². The van der Waals surface area contributed by atoms with Crippen LogP contribution < -0.4 is 24.3 Å². The average Bonchev–Trinajstić information content (AvgIpc) is 3.69. The standard InChI is InChI=1S/C36H29ClN2O5/c1-41-23-13-15-26(31(19-23)42-2)35(24-7-3-5-9-28(24)37)39-36(40)33-25-8-4-6-10-29(25)38-34-22(12-14-27(33)34)17-21-11-16-30-32(18-21)44-20-43-30/h3-11,13,15-19,35H,12,14,20H2,1-2H3,(H,39,40)/b22-17-. The minimum atomic E-state index is -0.593. The molecule has 2 heterocycles. The molecule has 0 saturated heterocycles. The van der Waals surface area contributed by atoms with Gasteiger partial charge in [0.1, 0.15) is 11.5 Å². The first-order valence-electron chi connectivity index (χ1n) is 14.3. The van der Waals surface area contributed by atoms with Crippen LogP contribution in [0.15, 0.2) is 84.9 Å². The van der Waals surface area contributed by atoms with Crippen molar-refractivity contribution in [1.82, 2.24) is 10.3 Å². The molecule has 1 aromatic heterocycles. The molecule has 7 nitrogen and oxygen atoms in total. The van der Waals surface area contributed by atoms with Crippen molar-refractivity contribution in [3.63, 3.8) is 0 Å². The van der Waals surface area contributed by atoms with Crippen LogP contribution >= 0.6 is 11.6 Å². The van der Waals surface area contributed by atoms with E-state index in [1.807, 2.05) is 78.9 Å². The molecule has 220 valence electrons. The monoisotopic (exact) mass is 604 g/mol. The number of pyridine rings is 1. The largest absolute Gasteiger partial charge is 0.497 e. The van der Waals surface area contributed by atoms with Gasteiger partial charge in [-0.05, 0) is 77.6 Å². The van der Waals surface area contributed by atoms with E-state index in [4.69, 9.17) is 35.5 Å². The molecule has 1 aliphatic heterocycles. The second-order valence-corrected chi connectivity index (χ2v) is 11.1. The number of benzene rings is 4. The van der Waals surface area contributed by atoms with Crippen LogP contribution in [-0.4, -0.2) is 31.9 Å². The number of hydrogen-bond donors (Lipinski definition) is 1. The van der Waals surface area contributed by atoms with Crippen molar-refractivity contribution in [2.45, 2.75) is 18.9 Å². The van der Waals surface area contributed by atoms with Crippen molar-refractivity contribution in [2.24, 2.45) is 0 Å². The first kappa shape index (κ1) is 27.8. The van der Waals surface area contributed by atoms with Gasteiger partial charge in [0.05, 0.1) is 37.0 Å². The van der Waals surface area contributed by atoms with Crippen LogP contribution in [0.5, 0.6) is 23.0 Å². The Labute approximate surface area is 260 Å². The molecule has 1 amide bonds. The Kier molecular flexibility index (Phi) is 7.32. The lowest BCUT2D eigenvalue weighted by molar-refractivity contribution is 0.0943. The average molecular weight is 605 g/mol. The lowest BCUT2D eigenvalue weighted by Gasteiger charge is -2.24. The molecule has 7 rings (SSSR count). The molecule has 1 atom stereocenters. The summed E-state index contributed by atoms with van der Waals surface area (Å²) in [4.78, 5) is 19.6. The van der Waals surface area contributed by atoms with E-state index in [-0.39, 0.29) is 12.7 Å². The van der Waals surface area contributed by atoms with Crippen molar-refractivity contribution in [1.29, 1.82) is 0 Å². The number of allylic oxidation sites excluding steroid dienone is 1. The number of rotatable bonds is 7. The Morgan fingerprint density at radius 3 is 2.57 bits per heavy atom. The molecule has 1 aliphatic carbocycles. The minimum Gasteiger partial charge on any atom is -0.497 e. The highest BCUT2D eigenvalue weighted by atomic mass is 35.5. The molecule has 1 N–H and O–H groups in total. The summed E-state index contributed by atoms with van der Waals surface area (Å²) in [6.45, 7) is 0.224. The van der Waals surface area contributed by atoms with E-state index in [9.17, 15) is 4.79 Å². The zero-order chi connectivity index (χ0) is 30.2. The molecule has 0 bridgehead atoms. The molecule has 8 heteroatoms. The summed E-state index contributed by atoms with van der Waals surface area (Å²) in [6, 6.07) is 26.1. The van der Waals surface area contributed by atoms with Gasteiger partial charge in [0, 0.05) is 22.0 Å². The first-order chi connectivity index (χ1) is 21.5. The lowest BCUT2D eigenvalue weighted by Crippen LogP contribution is -2.31. The van der Waals surface area contributed by atoms with Crippen LogP contribution in [0.2, 0.25) is 5.02 Å². The van der Waals surface area contributed by atoms with Gasteiger partial charge in [-0.1, -0.05) is 54.1 Å². The normalized spacial score (nSPS) is 14.8. The molecule has 4 aromatic carbocycles. The molecule has 44 heavy (non-hydrogen) atoms. The highest BCUT2D eigenvalue weighted by Crippen LogP contribution is 2.41. The number of hydrogen-bond acceptors (Lipinski definition) is 6. The van der Waals surface area contributed by atoms with Crippen molar-refractivity contribution >= 4 is 40.1 Å². The fourth-order valence-electron chi connectivity index (χ4n) is 6.03. The third-order valence-corrected chi connectivity index (χ3v) is 8.49. The number of para-hydroxylation sites is 1. The second-order valence-electron chi connectivity index (χ2n) is 10.6. The number of carbonyl (C=O) groups excluding carboxylic acids is 1. The van der Waals surface area contributed by atoms with Crippen molar-refractivity contribution in [2.75, 3.05) is 21.0 Å². The van der Waals surface area contributed by atoms with Crippen LogP contribution in [0.4, 0.5) is 0 Å². The van der Waals surface area contributed by atoms with E-state index in [1.54, 1.807) is 20.3 Å². The summed E-state index contributed by atoms with van der Waals surface area (Å²) in [5.74, 6) is 2.47. The van der Waals surface area contributed by atoms with Gasteiger partial charge in [-0.15, -0.1) is 0 Å². The van der Waals surface area contributed by atoms with E-state index in [2.05, 4.69) is 11.4 Å². The van der Waals surface area contributed by atoms with Crippen LogP contribution in [0.1, 0.15) is 50.8 Å². The van der Waals surface area contributed by atoms with E-state index < -0.39 is 6.04 Å².